The maximum Gasteiger partial charge on any atom is 0.185 e. The molecule has 10 heteroatoms. The van der Waals surface area contributed by atoms with Crippen LogP contribution < -0.4 is 9.64 Å². The summed E-state index contributed by atoms with van der Waals surface area (Å²) in [5.74, 6) is 1.33. The molecule has 3 atom stereocenters. The number of H-pyrrole nitrogens is 1. The Hall–Kier alpha value is -2.69. The van der Waals surface area contributed by atoms with Gasteiger partial charge in [0.15, 0.2) is 17.4 Å². The molecule has 8 nitrogen and oxygen atoms in total. The topological polar surface area (TPSA) is 89.6 Å². The van der Waals surface area contributed by atoms with Crippen molar-refractivity contribution >= 4 is 31.1 Å². The molecule has 3 aromatic rings. The van der Waals surface area contributed by atoms with Gasteiger partial charge in [-0.2, -0.15) is 0 Å². The number of fused-ring (bicyclic) bond motifs is 5. The van der Waals surface area contributed by atoms with Gasteiger partial charge in [0.25, 0.3) is 0 Å². The van der Waals surface area contributed by atoms with Crippen molar-refractivity contribution in [3.05, 3.63) is 35.9 Å². The van der Waals surface area contributed by atoms with Crippen molar-refractivity contribution in [1.29, 1.82) is 0 Å². The van der Waals surface area contributed by atoms with E-state index in [0.717, 1.165) is 16.7 Å². The first-order valence-corrected chi connectivity index (χ1v) is 13.6. The third kappa shape index (κ3) is 2.70. The Labute approximate surface area is 196 Å². The summed E-state index contributed by atoms with van der Waals surface area (Å²) in [6.45, 7) is 3.24. The number of rotatable bonds is 2. The van der Waals surface area contributed by atoms with Crippen LogP contribution in [0, 0.1) is 5.82 Å². The molecule has 0 spiro atoms. The molecule has 0 bridgehead atoms. The van der Waals surface area contributed by atoms with E-state index in [1.165, 1.54) is 12.1 Å². The number of hydrogen-bond donors (Lipinski definition) is 1. The molecule has 4 aliphatic heterocycles. The van der Waals surface area contributed by atoms with Gasteiger partial charge in [0, 0.05) is 53.4 Å². The fraction of sp³-hybridized carbons (Fsp3) is 0.458. The van der Waals surface area contributed by atoms with Gasteiger partial charge in [-0.1, -0.05) is 0 Å². The number of anilines is 1. The van der Waals surface area contributed by atoms with Crippen LogP contribution in [0.4, 0.5) is 10.2 Å². The number of benzene rings is 1. The smallest absolute Gasteiger partial charge is 0.185 e. The van der Waals surface area contributed by atoms with Crippen molar-refractivity contribution < 1.29 is 22.8 Å². The number of aromatic amines is 1. The second kappa shape index (κ2) is 7.16. The van der Waals surface area contributed by atoms with E-state index in [1.54, 1.807) is 12.5 Å². The Morgan fingerprint density at radius 3 is 3.03 bits per heavy atom. The van der Waals surface area contributed by atoms with Crippen LogP contribution in [0.25, 0.3) is 22.3 Å². The van der Waals surface area contributed by atoms with Crippen LogP contribution >= 0.6 is 0 Å². The first kappa shape index (κ1) is 20.7. The van der Waals surface area contributed by atoms with Crippen molar-refractivity contribution in [1.82, 2.24) is 15.0 Å². The lowest BCUT2D eigenvalue weighted by atomic mass is 9.94. The van der Waals surface area contributed by atoms with E-state index in [1.807, 2.05) is 6.07 Å². The van der Waals surface area contributed by atoms with Gasteiger partial charge >= 0.3 is 0 Å². The summed E-state index contributed by atoms with van der Waals surface area (Å²) >= 11 is 0. The van der Waals surface area contributed by atoms with Crippen LogP contribution in [0.1, 0.15) is 18.5 Å². The molecule has 4 aliphatic rings. The molecule has 1 N–H and O–H groups in total. The molecule has 7 rings (SSSR count). The summed E-state index contributed by atoms with van der Waals surface area (Å²) in [5, 5.41) is 0.835. The minimum absolute atomic E-state index is 0.131. The Bertz CT molecular complexity index is 1460. The average molecular weight is 485 g/mol. The quantitative estimate of drug-likeness (QED) is 0.559. The van der Waals surface area contributed by atoms with Gasteiger partial charge in [-0.25, -0.2) is 14.4 Å². The molecule has 0 radical (unpaired) electrons. The van der Waals surface area contributed by atoms with Gasteiger partial charge in [0.1, 0.15) is 16.3 Å². The van der Waals surface area contributed by atoms with E-state index >= 15 is 0 Å². The second-order valence-corrected chi connectivity index (χ2v) is 12.3. The van der Waals surface area contributed by atoms with Gasteiger partial charge in [-0.3, -0.25) is 4.21 Å². The van der Waals surface area contributed by atoms with E-state index in [9.17, 15) is 8.60 Å². The highest BCUT2D eigenvalue weighted by Gasteiger charge is 2.63. The Morgan fingerprint density at radius 1 is 1.24 bits per heavy atom. The molecule has 0 amide bonds. The van der Waals surface area contributed by atoms with Crippen LogP contribution in [0.15, 0.2) is 24.4 Å². The largest absolute Gasteiger partial charge is 0.488 e. The standard InChI is InChI=1S/C24H25FN4O4S/c1-34(30)19-13-31-8-4-24(19,34)21-20-23(29-6-9-32-12-15(29)3-7-33-20)28-22(27-21)17-10-14(25)11-18-16(17)2-5-26-18/h2,5,10-11,15,26H,3-4,6-9,12-13H2,1H3. The molecule has 3 unspecified atom stereocenters. The van der Waals surface area contributed by atoms with Crippen LogP contribution in [0.3, 0.4) is 0 Å². The summed E-state index contributed by atoms with van der Waals surface area (Å²) in [5.41, 5.74) is 1.93. The third-order valence-corrected chi connectivity index (χ3v) is 10.9. The molecule has 34 heavy (non-hydrogen) atoms. The number of morpholine rings is 1. The van der Waals surface area contributed by atoms with Gasteiger partial charge in [0.05, 0.1) is 32.5 Å². The summed E-state index contributed by atoms with van der Waals surface area (Å²) in [6, 6.07) is 4.97. The van der Waals surface area contributed by atoms with E-state index in [0.29, 0.717) is 80.2 Å². The zero-order chi connectivity index (χ0) is 23.1. The number of halogens is 1. The summed E-state index contributed by atoms with van der Waals surface area (Å²) in [7, 11) is -2.32. The van der Waals surface area contributed by atoms with E-state index in [2.05, 4.69) is 9.88 Å². The summed E-state index contributed by atoms with van der Waals surface area (Å²) in [4.78, 5) is 16.2. The fourth-order valence-corrected chi connectivity index (χ4v) is 8.78. The first-order valence-electron chi connectivity index (χ1n) is 11.6. The van der Waals surface area contributed by atoms with Crippen molar-refractivity contribution in [3.63, 3.8) is 0 Å². The van der Waals surface area contributed by atoms with Gasteiger partial charge in [-0.05, 0) is 34.1 Å². The zero-order valence-electron chi connectivity index (χ0n) is 18.8. The lowest BCUT2D eigenvalue weighted by molar-refractivity contribution is 0.0894. The highest BCUT2D eigenvalue weighted by molar-refractivity contribution is 8.12. The van der Waals surface area contributed by atoms with Gasteiger partial charge in [-0.15, -0.1) is 0 Å². The van der Waals surface area contributed by atoms with Crippen LogP contribution in [0.5, 0.6) is 5.75 Å². The molecule has 2 aromatic heterocycles. The molecule has 1 aromatic carbocycles. The number of hydrogen-bond acceptors (Lipinski definition) is 7. The van der Waals surface area contributed by atoms with E-state index in [4.69, 9.17) is 24.2 Å². The van der Waals surface area contributed by atoms with Crippen molar-refractivity contribution in [2.24, 2.45) is 0 Å². The predicted molar refractivity (Wildman–Crippen MR) is 128 cm³/mol. The highest BCUT2D eigenvalue weighted by Crippen LogP contribution is 2.55. The number of nitrogens with one attached hydrogen (secondary N) is 1. The highest BCUT2D eigenvalue weighted by atomic mass is 32.2. The number of nitrogens with zero attached hydrogens (tertiary/aromatic N) is 3. The maximum absolute atomic E-state index is 14.6. The molecule has 178 valence electrons. The second-order valence-electron chi connectivity index (χ2n) is 9.40. The third-order valence-electron chi connectivity index (χ3n) is 7.68. The number of ether oxygens (including phenoxy) is 3. The Kier molecular flexibility index (Phi) is 4.35. The van der Waals surface area contributed by atoms with Gasteiger partial charge < -0.3 is 24.1 Å². The zero-order valence-corrected chi connectivity index (χ0v) is 19.6. The molecular weight excluding hydrogens is 459 g/mol. The monoisotopic (exact) mass is 484 g/mol. The first-order chi connectivity index (χ1) is 16.5. The van der Waals surface area contributed by atoms with Crippen molar-refractivity contribution in [2.75, 3.05) is 50.7 Å². The fourth-order valence-electron chi connectivity index (χ4n) is 5.84. The van der Waals surface area contributed by atoms with Crippen molar-refractivity contribution in [3.8, 4) is 17.1 Å². The van der Waals surface area contributed by atoms with Crippen LogP contribution in [-0.2, 0) is 23.7 Å². The van der Waals surface area contributed by atoms with Crippen LogP contribution in [0.2, 0.25) is 0 Å². The average Bonchev–Trinajstić information content (AvgIpc) is 3.11. The lowest BCUT2D eigenvalue weighted by Crippen LogP contribution is -2.46. The molecule has 0 aliphatic carbocycles. The van der Waals surface area contributed by atoms with E-state index in [-0.39, 0.29) is 11.9 Å². The van der Waals surface area contributed by atoms with E-state index < -0.39 is 14.3 Å². The normalized spacial score (nSPS) is 30.2. The number of aromatic nitrogens is 3. The SMILES string of the molecule is CS1(=O)=C2COCCC21c1nc(-c2cc(F)cc3[nH]ccc23)nc2c1OCCC1COCCN21. The molecular formula is C24H25FN4O4S. The minimum Gasteiger partial charge on any atom is -0.488 e. The molecule has 0 saturated carbocycles. The Morgan fingerprint density at radius 2 is 2.15 bits per heavy atom. The summed E-state index contributed by atoms with van der Waals surface area (Å²) < 4.78 is 45.4. The maximum atomic E-state index is 14.6. The van der Waals surface area contributed by atoms with Crippen molar-refractivity contribution in [2.45, 2.75) is 23.6 Å². The molecule has 2 saturated heterocycles. The van der Waals surface area contributed by atoms with Crippen LogP contribution in [-0.4, -0.2) is 75.9 Å². The lowest BCUT2D eigenvalue weighted by Gasteiger charge is -2.35. The molecule has 6 heterocycles. The molecule has 2 fully saturated rings. The van der Waals surface area contributed by atoms with Gasteiger partial charge in [0.2, 0.25) is 0 Å². The minimum atomic E-state index is -2.32. The predicted octanol–water partition coefficient (Wildman–Crippen LogP) is 2.47. The summed E-state index contributed by atoms with van der Waals surface area (Å²) in [6.07, 6.45) is 4.95. The Balaban J connectivity index is 1.51.